The van der Waals surface area contributed by atoms with Crippen molar-refractivity contribution in [1.82, 2.24) is 0 Å². The van der Waals surface area contributed by atoms with E-state index in [1.54, 1.807) is 6.92 Å². The maximum atomic E-state index is 12.9. The smallest absolute Gasteiger partial charge is 0.228 e. The van der Waals surface area contributed by atoms with Gasteiger partial charge in [-0.25, -0.2) is 0 Å². The third-order valence-electron chi connectivity index (χ3n) is 9.72. The maximum absolute atomic E-state index is 12.9. The lowest BCUT2D eigenvalue weighted by atomic mass is 9.85. The molecule has 0 fully saturated rings. The normalized spacial score (nSPS) is 18.1. The lowest BCUT2D eigenvalue weighted by molar-refractivity contribution is -0.121. The molecule has 0 aromatic rings. The van der Waals surface area contributed by atoms with Crippen LogP contribution in [0.4, 0.5) is 0 Å². The Labute approximate surface area is 271 Å². The topological polar surface area (TPSA) is 72.8 Å². The van der Waals surface area contributed by atoms with Gasteiger partial charge in [0.15, 0.2) is 0 Å². The van der Waals surface area contributed by atoms with Crippen LogP contribution in [-0.2, 0) is 19.1 Å². The van der Waals surface area contributed by atoms with Crippen LogP contribution >= 0.6 is 0 Å². The van der Waals surface area contributed by atoms with Gasteiger partial charge in [0, 0.05) is 11.1 Å². The van der Waals surface area contributed by atoms with Gasteiger partial charge in [-0.15, -0.1) is 0 Å². The molecule has 0 amide bonds. The number of hydrogen-bond donors (Lipinski definition) is 1. The zero-order valence-electron chi connectivity index (χ0n) is 30.3. The molecule has 0 bridgehead atoms. The number of carbonyl (C=O) groups is 2. The van der Waals surface area contributed by atoms with E-state index in [4.69, 9.17) is 9.47 Å². The quantitative estimate of drug-likeness (QED) is 0.0863. The van der Waals surface area contributed by atoms with E-state index in [2.05, 4.69) is 47.6 Å². The summed E-state index contributed by atoms with van der Waals surface area (Å²) in [7, 11) is 2.73. The molecule has 0 spiro atoms. The molecule has 0 saturated carbocycles. The van der Waals surface area contributed by atoms with E-state index in [-0.39, 0.29) is 23.1 Å². The highest BCUT2D eigenvalue weighted by atomic mass is 16.5. The molecule has 4 unspecified atom stereocenters. The Morgan fingerprint density at radius 3 is 1.68 bits per heavy atom. The zero-order valence-corrected chi connectivity index (χ0v) is 30.3. The number of aliphatic hydroxyl groups is 1. The van der Waals surface area contributed by atoms with Crippen LogP contribution in [0.15, 0.2) is 34.3 Å². The molecule has 5 nitrogen and oxygen atoms in total. The Morgan fingerprint density at radius 2 is 1.20 bits per heavy atom. The van der Waals surface area contributed by atoms with E-state index >= 15 is 0 Å². The second kappa shape index (κ2) is 21.0. The molecule has 5 heteroatoms. The largest absolute Gasteiger partial charge is 0.489 e. The minimum atomic E-state index is -0.927. The lowest BCUT2D eigenvalue weighted by Gasteiger charge is -2.25. The number of carbonyl (C=O) groups excluding carboxylic acids is 2. The van der Waals surface area contributed by atoms with Crippen LogP contribution < -0.4 is 0 Å². The summed E-state index contributed by atoms with van der Waals surface area (Å²) in [6.07, 6.45) is 20.4. The molecule has 4 atom stereocenters. The molecule has 1 rings (SSSR count). The van der Waals surface area contributed by atoms with E-state index in [0.29, 0.717) is 30.4 Å². The molecule has 0 saturated heterocycles. The highest BCUT2D eigenvalue weighted by Crippen LogP contribution is 2.31. The predicted octanol–water partition coefficient (Wildman–Crippen LogP) is 10.5. The molecule has 1 N–H and O–H groups in total. The minimum absolute atomic E-state index is 0.0475. The lowest BCUT2D eigenvalue weighted by Crippen LogP contribution is -2.28. The molecule has 0 aliphatic heterocycles. The van der Waals surface area contributed by atoms with Crippen LogP contribution in [0, 0.1) is 23.7 Å². The predicted molar refractivity (Wildman–Crippen MR) is 184 cm³/mol. The first-order valence-corrected chi connectivity index (χ1v) is 17.7. The summed E-state index contributed by atoms with van der Waals surface area (Å²) in [6, 6.07) is 0. The van der Waals surface area contributed by atoms with E-state index in [1.807, 2.05) is 6.92 Å². The van der Waals surface area contributed by atoms with E-state index in [0.717, 1.165) is 36.5 Å². The Morgan fingerprint density at radius 1 is 0.750 bits per heavy atom. The van der Waals surface area contributed by atoms with Crippen molar-refractivity contribution >= 4 is 11.6 Å². The summed E-state index contributed by atoms with van der Waals surface area (Å²) < 4.78 is 10.3. The SMILES string of the molecule is COC1=C(OC)C(=O)C(CCC(C)(O)CC/C=C(\C)CCCC(C)CCCC(C)CCCC(C)CCCC(C)C)=C(C)C1=O. The molecular formula is C39H68O5. The number of methoxy groups -OCH3 is 2. The third kappa shape index (κ3) is 15.4. The van der Waals surface area contributed by atoms with Gasteiger partial charge in [0.2, 0.25) is 23.1 Å². The fraction of sp³-hybridized carbons (Fsp3) is 0.795. The highest BCUT2D eigenvalue weighted by Gasteiger charge is 2.35. The molecule has 0 aromatic heterocycles. The number of allylic oxidation sites excluding steroid dienone is 4. The third-order valence-corrected chi connectivity index (χ3v) is 9.72. The molecule has 1 aliphatic carbocycles. The summed E-state index contributed by atoms with van der Waals surface area (Å²) in [5, 5.41) is 11.0. The molecular weight excluding hydrogens is 548 g/mol. The molecule has 0 heterocycles. The monoisotopic (exact) mass is 617 g/mol. The van der Waals surface area contributed by atoms with E-state index in [1.165, 1.54) is 90.4 Å². The molecule has 1 aliphatic rings. The fourth-order valence-corrected chi connectivity index (χ4v) is 6.41. The van der Waals surface area contributed by atoms with E-state index < -0.39 is 5.60 Å². The van der Waals surface area contributed by atoms with Gasteiger partial charge in [0.05, 0.1) is 19.8 Å². The van der Waals surface area contributed by atoms with Gasteiger partial charge in [-0.1, -0.05) is 110 Å². The van der Waals surface area contributed by atoms with Crippen molar-refractivity contribution < 1.29 is 24.2 Å². The zero-order chi connectivity index (χ0) is 33.3. The first-order valence-electron chi connectivity index (χ1n) is 17.7. The first kappa shape index (κ1) is 40.1. The van der Waals surface area contributed by atoms with Crippen LogP contribution in [0.2, 0.25) is 0 Å². The second-order valence-corrected chi connectivity index (χ2v) is 14.8. The van der Waals surface area contributed by atoms with E-state index in [9.17, 15) is 14.7 Å². The van der Waals surface area contributed by atoms with Gasteiger partial charge in [-0.2, -0.15) is 0 Å². The number of rotatable bonds is 24. The van der Waals surface area contributed by atoms with Crippen molar-refractivity contribution in [2.24, 2.45) is 23.7 Å². The Bertz CT molecular complexity index is 967. The minimum Gasteiger partial charge on any atom is -0.489 e. The van der Waals surface area contributed by atoms with Gasteiger partial charge in [0.25, 0.3) is 0 Å². The number of Topliss-reactive ketones (excluding diaryl/α,β-unsaturated/α-hetero) is 2. The van der Waals surface area contributed by atoms with Crippen LogP contribution in [0.3, 0.4) is 0 Å². The van der Waals surface area contributed by atoms with Gasteiger partial charge in [-0.3, -0.25) is 9.59 Å². The van der Waals surface area contributed by atoms with Crippen molar-refractivity contribution in [2.75, 3.05) is 14.2 Å². The number of ketones is 2. The van der Waals surface area contributed by atoms with Gasteiger partial charge in [0.1, 0.15) is 0 Å². The number of hydrogen-bond acceptors (Lipinski definition) is 5. The highest BCUT2D eigenvalue weighted by molar-refractivity contribution is 6.23. The Balaban J connectivity index is 2.27. The maximum Gasteiger partial charge on any atom is 0.228 e. The Kier molecular flexibility index (Phi) is 19.2. The van der Waals surface area contributed by atoms with Gasteiger partial charge < -0.3 is 14.6 Å². The van der Waals surface area contributed by atoms with Crippen LogP contribution in [-0.4, -0.2) is 36.5 Å². The summed E-state index contributed by atoms with van der Waals surface area (Å²) in [5.74, 6) is 2.59. The molecule has 0 radical (unpaired) electrons. The summed E-state index contributed by atoms with van der Waals surface area (Å²) in [6.45, 7) is 17.6. The average molecular weight is 617 g/mol. The van der Waals surface area contributed by atoms with Crippen molar-refractivity contribution in [1.29, 1.82) is 0 Å². The average Bonchev–Trinajstić information content (AvgIpc) is 2.94. The van der Waals surface area contributed by atoms with Crippen LogP contribution in [0.1, 0.15) is 158 Å². The van der Waals surface area contributed by atoms with Crippen molar-refractivity contribution in [2.45, 2.75) is 164 Å². The molecule has 0 aromatic carbocycles. The van der Waals surface area contributed by atoms with Crippen molar-refractivity contribution in [3.63, 3.8) is 0 Å². The standard InChI is InChI=1S/C39H68O5/c1-28(2)16-11-17-29(3)18-12-19-30(4)20-13-21-31(5)22-14-23-32(6)24-15-26-39(8,42)27-25-34-33(7)35(40)37(43-9)38(44-10)36(34)41/h24,28-31,42H,11-23,25-27H2,1-10H3/b32-24+. The number of ether oxygens (including phenoxy) is 2. The van der Waals surface area contributed by atoms with Gasteiger partial charge >= 0.3 is 0 Å². The van der Waals surface area contributed by atoms with Crippen LogP contribution in [0.25, 0.3) is 0 Å². The molecule has 44 heavy (non-hydrogen) atoms. The van der Waals surface area contributed by atoms with Crippen molar-refractivity contribution in [3.05, 3.63) is 34.3 Å². The summed E-state index contributed by atoms with van der Waals surface area (Å²) in [4.78, 5) is 25.5. The molecule has 254 valence electrons. The fourth-order valence-electron chi connectivity index (χ4n) is 6.41. The van der Waals surface area contributed by atoms with Gasteiger partial charge in [-0.05, 0) is 83.0 Å². The summed E-state index contributed by atoms with van der Waals surface area (Å²) in [5.41, 5.74) is 1.23. The Hall–Kier alpha value is -1.88. The summed E-state index contributed by atoms with van der Waals surface area (Å²) >= 11 is 0. The first-order chi connectivity index (χ1) is 20.7. The second-order valence-electron chi connectivity index (χ2n) is 14.8. The van der Waals surface area contributed by atoms with Crippen LogP contribution in [0.5, 0.6) is 0 Å². The van der Waals surface area contributed by atoms with Crippen molar-refractivity contribution in [3.8, 4) is 0 Å².